The van der Waals surface area contributed by atoms with Crippen LogP contribution in [0, 0.1) is 5.82 Å². The summed E-state index contributed by atoms with van der Waals surface area (Å²) in [4.78, 5) is 14.0. The molecule has 1 saturated heterocycles. The molecule has 6 nitrogen and oxygen atoms in total. The molecule has 11 heteroatoms. The molecule has 0 saturated carbocycles. The van der Waals surface area contributed by atoms with E-state index in [9.17, 15) is 30.8 Å². The highest BCUT2D eigenvalue weighted by Crippen LogP contribution is 2.30. The Morgan fingerprint density at radius 2 is 1.58 bits per heavy atom. The highest BCUT2D eigenvalue weighted by molar-refractivity contribution is 7.89. The fourth-order valence-corrected chi connectivity index (χ4v) is 4.68. The van der Waals surface area contributed by atoms with Crippen molar-refractivity contribution in [2.75, 3.05) is 31.5 Å². The van der Waals surface area contributed by atoms with Gasteiger partial charge in [0, 0.05) is 26.2 Å². The first-order chi connectivity index (χ1) is 14.5. The van der Waals surface area contributed by atoms with E-state index < -0.39 is 39.5 Å². The molecular weight excluding hydrogens is 438 g/mol. The van der Waals surface area contributed by atoms with Crippen LogP contribution in [0.4, 0.5) is 23.2 Å². The minimum absolute atomic E-state index is 0.0582. The van der Waals surface area contributed by atoms with E-state index in [4.69, 9.17) is 0 Å². The predicted octanol–water partition coefficient (Wildman–Crippen LogP) is 3.18. The number of rotatable bonds is 5. The SMILES string of the molecule is C[C@@H](C(=O)Nc1ccccc1F)N1CCN(S(=O)(=O)c2ccc(C(F)(F)F)cc2)CC1. The molecule has 1 aliphatic heterocycles. The predicted molar refractivity (Wildman–Crippen MR) is 106 cm³/mol. The van der Waals surface area contributed by atoms with E-state index in [2.05, 4.69) is 5.32 Å². The topological polar surface area (TPSA) is 69.7 Å². The van der Waals surface area contributed by atoms with Crippen LogP contribution in [0.25, 0.3) is 0 Å². The summed E-state index contributed by atoms with van der Waals surface area (Å²) in [7, 11) is -3.96. The number of alkyl halides is 3. The molecule has 0 bridgehead atoms. The van der Waals surface area contributed by atoms with Crippen molar-refractivity contribution in [1.29, 1.82) is 0 Å². The standard InChI is InChI=1S/C20H21F4N3O3S/c1-14(19(28)25-18-5-3-2-4-17(18)21)26-10-12-27(13-11-26)31(29,30)16-8-6-15(7-9-16)20(22,23)24/h2-9,14H,10-13H2,1H3,(H,25,28)/t14-/m0/s1. The number of carbonyl (C=O) groups excluding carboxylic acids is 1. The Bertz CT molecular complexity index is 1030. The summed E-state index contributed by atoms with van der Waals surface area (Å²) in [5, 5.41) is 2.51. The number of sulfonamides is 1. The van der Waals surface area contributed by atoms with E-state index >= 15 is 0 Å². The molecule has 1 N–H and O–H groups in total. The van der Waals surface area contributed by atoms with Crippen molar-refractivity contribution in [2.24, 2.45) is 0 Å². The molecule has 1 atom stereocenters. The molecule has 168 valence electrons. The second kappa shape index (κ2) is 8.93. The number of hydrogen-bond acceptors (Lipinski definition) is 4. The normalized spacial score (nSPS) is 17.3. The number of nitrogens with one attached hydrogen (secondary N) is 1. The number of anilines is 1. The van der Waals surface area contributed by atoms with Gasteiger partial charge in [-0.2, -0.15) is 17.5 Å². The highest BCUT2D eigenvalue weighted by Gasteiger charge is 2.34. The van der Waals surface area contributed by atoms with Gasteiger partial charge in [0.05, 0.1) is 22.2 Å². The Hall–Kier alpha value is -2.50. The molecule has 1 fully saturated rings. The Morgan fingerprint density at radius 1 is 1.00 bits per heavy atom. The van der Waals surface area contributed by atoms with E-state index in [1.807, 2.05) is 0 Å². The van der Waals surface area contributed by atoms with Gasteiger partial charge in [-0.25, -0.2) is 12.8 Å². The third-order valence-electron chi connectivity index (χ3n) is 5.15. The van der Waals surface area contributed by atoms with Crippen LogP contribution >= 0.6 is 0 Å². The second-order valence-electron chi connectivity index (χ2n) is 7.11. The van der Waals surface area contributed by atoms with Crippen LogP contribution in [0.5, 0.6) is 0 Å². The monoisotopic (exact) mass is 459 g/mol. The van der Waals surface area contributed by atoms with Gasteiger partial charge in [0.2, 0.25) is 15.9 Å². The number of para-hydroxylation sites is 1. The fraction of sp³-hybridized carbons (Fsp3) is 0.350. The largest absolute Gasteiger partial charge is 0.416 e. The third kappa shape index (κ3) is 5.23. The number of hydrogen-bond donors (Lipinski definition) is 1. The van der Waals surface area contributed by atoms with Gasteiger partial charge in [0.15, 0.2) is 0 Å². The zero-order valence-corrected chi connectivity index (χ0v) is 17.4. The van der Waals surface area contributed by atoms with Crippen molar-refractivity contribution in [3.8, 4) is 0 Å². The number of piperazine rings is 1. The maximum Gasteiger partial charge on any atom is 0.416 e. The van der Waals surface area contributed by atoms with Gasteiger partial charge in [-0.05, 0) is 43.3 Å². The smallest absolute Gasteiger partial charge is 0.322 e. The lowest BCUT2D eigenvalue weighted by Gasteiger charge is -2.36. The van der Waals surface area contributed by atoms with Crippen LogP contribution in [0.3, 0.4) is 0 Å². The maximum absolute atomic E-state index is 13.7. The zero-order chi connectivity index (χ0) is 22.8. The van der Waals surface area contributed by atoms with Crippen molar-refractivity contribution in [3.63, 3.8) is 0 Å². The van der Waals surface area contributed by atoms with Gasteiger partial charge in [0.1, 0.15) is 5.82 Å². The molecule has 0 unspecified atom stereocenters. The maximum atomic E-state index is 13.7. The van der Waals surface area contributed by atoms with Gasteiger partial charge < -0.3 is 5.32 Å². The molecule has 0 spiro atoms. The van der Waals surface area contributed by atoms with Gasteiger partial charge in [-0.3, -0.25) is 9.69 Å². The van der Waals surface area contributed by atoms with E-state index in [1.54, 1.807) is 17.9 Å². The summed E-state index contributed by atoms with van der Waals surface area (Å²) in [6.07, 6.45) is -4.55. The van der Waals surface area contributed by atoms with Crippen LogP contribution in [0.1, 0.15) is 12.5 Å². The van der Waals surface area contributed by atoms with Crippen LogP contribution in [0.15, 0.2) is 53.4 Å². The van der Waals surface area contributed by atoms with Gasteiger partial charge in [-0.15, -0.1) is 0 Å². The lowest BCUT2D eigenvalue weighted by Crippen LogP contribution is -2.53. The van der Waals surface area contributed by atoms with Crippen LogP contribution in [0.2, 0.25) is 0 Å². The number of carbonyl (C=O) groups is 1. The van der Waals surface area contributed by atoms with E-state index in [0.717, 1.165) is 24.3 Å². The second-order valence-corrected chi connectivity index (χ2v) is 9.05. The van der Waals surface area contributed by atoms with Crippen LogP contribution < -0.4 is 5.32 Å². The first kappa shape index (κ1) is 23.2. The molecule has 31 heavy (non-hydrogen) atoms. The minimum Gasteiger partial charge on any atom is -0.322 e. The highest BCUT2D eigenvalue weighted by atomic mass is 32.2. The number of halogens is 4. The average molecular weight is 459 g/mol. The first-order valence-corrected chi connectivity index (χ1v) is 10.9. The molecule has 3 rings (SSSR count). The molecule has 0 radical (unpaired) electrons. The Kier molecular flexibility index (Phi) is 6.68. The number of nitrogens with zero attached hydrogens (tertiary/aromatic N) is 2. The molecule has 1 aliphatic rings. The van der Waals surface area contributed by atoms with Crippen molar-refractivity contribution >= 4 is 21.6 Å². The van der Waals surface area contributed by atoms with E-state index in [1.165, 1.54) is 22.5 Å². The molecule has 1 heterocycles. The number of benzene rings is 2. The molecular formula is C20H21F4N3O3S. The van der Waals surface area contributed by atoms with E-state index in [0.29, 0.717) is 0 Å². The summed E-state index contributed by atoms with van der Waals surface area (Å²) in [6.45, 7) is 2.26. The minimum atomic E-state index is -4.55. The summed E-state index contributed by atoms with van der Waals surface area (Å²) in [5.74, 6) is -0.986. The van der Waals surface area contributed by atoms with Crippen molar-refractivity contribution < 1.29 is 30.8 Å². The Balaban J connectivity index is 1.61. The Morgan fingerprint density at radius 3 is 2.13 bits per heavy atom. The summed E-state index contributed by atoms with van der Waals surface area (Å²) < 4.78 is 78.5. The van der Waals surface area contributed by atoms with Gasteiger partial charge in [0.25, 0.3) is 0 Å². The van der Waals surface area contributed by atoms with Crippen LogP contribution in [-0.4, -0.2) is 55.8 Å². The van der Waals surface area contributed by atoms with Crippen molar-refractivity contribution in [1.82, 2.24) is 9.21 Å². The lowest BCUT2D eigenvalue weighted by molar-refractivity contribution is -0.137. The average Bonchev–Trinajstić information content (AvgIpc) is 2.74. The fourth-order valence-electron chi connectivity index (χ4n) is 3.26. The summed E-state index contributed by atoms with van der Waals surface area (Å²) in [6, 6.07) is 8.48. The first-order valence-electron chi connectivity index (χ1n) is 9.47. The van der Waals surface area contributed by atoms with Gasteiger partial charge >= 0.3 is 6.18 Å². The Labute approximate surface area is 177 Å². The zero-order valence-electron chi connectivity index (χ0n) is 16.6. The summed E-state index contributed by atoms with van der Waals surface area (Å²) in [5.41, 5.74) is -0.867. The van der Waals surface area contributed by atoms with Gasteiger partial charge in [-0.1, -0.05) is 12.1 Å². The quantitative estimate of drug-likeness (QED) is 0.698. The molecule has 2 aromatic carbocycles. The number of amides is 1. The van der Waals surface area contributed by atoms with Crippen LogP contribution in [-0.2, 0) is 21.0 Å². The lowest BCUT2D eigenvalue weighted by atomic mass is 10.2. The summed E-state index contributed by atoms with van der Waals surface area (Å²) >= 11 is 0. The van der Waals surface area contributed by atoms with Crippen molar-refractivity contribution in [2.45, 2.75) is 24.0 Å². The van der Waals surface area contributed by atoms with Crippen molar-refractivity contribution in [3.05, 3.63) is 59.9 Å². The third-order valence-corrected chi connectivity index (χ3v) is 7.06. The molecule has 0 aliphatic carbocycles. The molecule has 0 aromatic heterocycles. The molecule has 1 amide bonds. The molecule has 2 aromatic rings. The van der Waals surface area contributed by atoms with E-state index in [-0.39, 0.29) is 36.8 Å².